The van der Waals surface area contributed by atoms with Crippen molar-refractivity contribution in [3.05, 3.63) is 29.6 Å². The zero-order chi connectivity index (χ0) is 18.1. The fourth-order valence-electron chi connectivity index (χ4n) is 2.62. The molecular formula is C18H28N4O3. The summed E-state index contributed by atoms with van der Waals surface area (Å²) in [6, 6.07) is 4.98. The van der Waals surface area contributed by atoms with Crippen molar-refractivity contribution >= 4 is 11.8 Å². The maximum Gasteiger partial charge on any atom is 0.272 e. The zero-order valence-electron chi connectivity index (χ0n) is 15.2. The van der Waals surface area contributed by atoms with Crippen LogP contribution in [0.15, 0.2) is 18.2 Å². The molecule has 7 nitrogen and oxygen atoms in total. The third kappa shape index (κ3) is 6.10. The molecule has 138 valence electrons. The minimum absolute atomic E-state index is 0.156. The Kier molecular flexibility index (Phi) is 7.81. The Bertz CT molecular complexity index is 573. The van der Waals surface area contributed by atoms with E-state index in [0.717, 1.165) is 45.7 Å². The summed E-state index contributed by atoms with van der Waals surface area (Å²) in [6.45, 7) is 7.37. The van der Waals surface area contributed by atoms with Gasteiger partial charge in [0.05, 0.1) is 13.2 Å². The molecule has 0 saturated carbocycles. The first kappa shape index (κ1) is 19.3. The molecule has 1 fully saturated rings. The van der Waals surface area contributed by atoms with E-state index >= 15 is 0 Å². The van der Waals surface area contributed by atoms with E-state index in [4.69, 9.17) is 4.74 Å². The van der Waals surface area contributed by atoms with Gasteiger partial charge in [-0.15, -0.1) is 0 Å². The number of carbonyl (C=O) groups excluding carboxylic acids is 2. The number of hydrogen-bond acceptors (Lipinski definition) is 5. The molecule has 0 atom stereocenters. The quantitative estimate of drug-likeness (QED) is 0.759. The zero-order valence-corrected chi connectivity index (χ0v) is 15.2. The van der Waals surface area contributed by atoms with Gasteiger partial charge in [-0.3, -0.25) is 14.5 Å². The highest BCUT2D eigenvalue weighted by molar-refractivity contribution is 5.96. The fourth-order valence-corrected chi connectivity index (χ4v) is 2.62. The van der Waals surface area contributed by atoms with E-state index in [9.17, 15) is 9.59 Å². The number of amides is 2. The number of hydrogen-bond donors (Lipinski definition) is 1. The van der Waals surface area contributed by atoms with Crippen LogP contribution >= 0.6 is 0 Å². The highest BCUT2D eigenvalue weighted by Crippen LogP contribution is 2.04. The van der Waals surface area contributed by atoms with Crippen LogP contribution in [0.1, 0.15) is 40.7 Å². The van der Waals surface area contributed by atoms with Crippen molar-refractivity contribution in [3.63, 3.8) is 0 Å². The molecule has 2 heterocycles. The number of nitrogens with one attached hydrogen (secondary N) is 1. The minimum atomic E-state index is -0.251. The molecule has 1 N–H and O–H groups in total. The Hall–Kier alpha value is -1.99. The molecule has 7 heteroatoms. The number of aromatic nitrogens is 1. The number of nitrogens with zero attached hydrogens (tertiary/aromatic N) is 3. The van der Waals surface area contributed by atoms with Gasteiger partial charge in [0.25, 0.3) is 11.8 Å². The molecule has 1 aliphatic rings. The lowest BCUT2D eigenvalue weighted by molar-refractivity contribution is 0.0383. The Morgan fingerprint density at radius 2 is 2.00 bits per heavy atom. The van der Waals surface area contributed by atoms with Crippen molar-refractivity contribution in [1.82, 2.24) is 20.1 Å². The minimum Gasteiger partial charge on any atom is -0.379 e. The summed E-state index contributed by atoms with van der Waals surface area (Å²) >= 11 is 0. The van der Waals surface area contributed by atoms with Gasteiger partial charge in [-0.2, -0.15) is 0 Å². The van der Waals surface area contributed by atoms with Gasteiger partial charge in [0, 0.05) is 39.8 Å². The summed E-state index contributed by atoms with van der Waals surface area (Å²) in [7, 11) is 1.76. The molecule has 0 unspecified atom stereocenters. The topological polar surface area (TPSA) is 74.8 Å². The van der Waals surface area contributed by atoms with Crippen molar-refractivity contribution in [2.24, 2.45) is 0 Å². The molecule has 0 aromatic carbocycles. The first-order valence-electron chi connectivity index (χ1n) is 8.92. The highest BCUT2D eigenvalue weighted by Gasteiger charge is 2.16. The van der Waals surface area contributed by atoms with Gasteiger partial charge >= 0.3 is 0 Å². The number of unbranched alkanes of at least 4 members (excludes halogenated alkanes) is 1. The van der Waals surface area contributed by atoms with Gasteiger partial charge < -0.3 is 15.0 Å². The SMILES string of the molecule is CCCCN(C)C(=O)c1cccc(C(=O)NCCN2CCOCC2)n1. The molecule has 1 aromatic heterocycles. The van der Waals surface area contributed by atoms with Crippen molar-refractivity contribution in [1.29, 1.82) is 0 Å². The molecule has 0 aliphatic carbocycles. The molecule has 0 spiro atoms. The molecule has 2 rings (SSSR count). The lowest BCUT2D eigenvalue weighted by Crippen LogP contribution is -2.41. The van der Waals surface area contributed by atoms with E-state index in [1.807, 2.05) is 0 Å². The first-order chi connectivity index (χ1) is 12.1. The molecule has 0 bridgehead atoms. The van der Waals surface area contributed by atoms with Crippen molar-refractivity contribution in [3.8, 4) is 0 Å². The number of morpholine rings is 1. The smallest absolute Gasteiger partial charge is 0.272 e. The Balaban J connectivity index is 1.86. The van der Waals surface area contributed by atoms with E-state index < -0.39 is 0 Å². The predicted molar refractivity (Wildman–Crippen MR) is 95.7 cm³/mol. The second-order valence-corrected chi connectivity index (χ2v) is 6.20. The van der Waals surface area contributed by atoms with Crippen molar-refractivity contribution in [2.45, 2.75) is 19.8 Å². The highest BCUT2D eigenvalue weighted by atomic mass is 16.5. The summed E-state index contributed by atoms with van der Waals surface area (Å²) < 4.78 is 5.30. The number of pyridine rings is 1. The number of carbonyl (C=O) groups is 2. The molecule has 1 saturated heterocycles. The maximum atomic E-state index is 12.4. The number of ether oxygens (including phenoxy) is 1. The van der Waals surface area contributed by atoms with Crippen LogP contribution in [-0.4, -0.2) is 79.6 Å². The molecule has 1 aliphatic heterocycles. The summed E-state index contributed by atoms with van der Waals surface area (Å²) in [5.74, 6) is -0.407. The van der Waals surface area contributed by atoms with Gasteiger partial charge in [0.15, 0.2) is 0 Å². The lowest BCUT2D eigenvalue weighted by atomic mass is 10.2. The van der Waals surface area contributed by atoms with Crippen LogP contribution in [0.3, 0.4) is 0 Å². The van der Waals surface area contributed by atoms with Crippen LogP contribution in [0.25, 0.3) is 0 Å². The standard InChI is InChI=1S/C18H28N4O3/c1-3-4-9-21(2)18(24)16-7-5-6-15(20-16)17(23)19-8-10-22-11-13-25-14-12-22/h5-7H,3-4,8-14H2,1-2H3,(H,19,23). The van der Waals surface area contributed by atoms with Gasteiger partial charge in [-0.25, -0.2) is 4.98 Å². The molecule has 2 amide bonds. The van der Waals surface area contributed by atoms with Gasteiger partial charge in [-0.1, -0.05) is 19.4 Å². The second-order valence-electron chi connectivity index (χ2n) is 6.20. The van der Waals surface area contributed by atoms with E-state index in [-0.39, 0.29) is 17.5 Å². The molecule has 25 heavy (non-hydrogen) atoms. The van der Waals surface area contributed by atoms with Crippen LogP contribution in [0.5, 0.6) is 0 Å². The van der Waals surface area contributed by atoms with Crippen molar-refractivity contribution in [2.75, 3.05) is 53.0 Å². The van der Waals surface area contributed by atoms with Crippen molar-refractivity contribution < 1.29 is 14.3 Å². The van der Waals surface area contributed by atoms with Gasteiger partial charge in [0.2, 0.25) is 0 Å². The number of rotatable bonds is 8. The Morgan fingerprint density at radius 3 is 2.72 bits per heavy atom. The average molecular weight is 348 g/mol. The third-order valence-corrected chi connectivity index (χ3v) is 4.21. The Morgan fingerprint density at radius 1 is 1.28 bits per heavy atom. The maximum absolute atomic E-state index is 12.4. The monoisotopic (exact) mass is 348 g/mol. The van der Waals surface area contributed by atoms with E-state index in [1.165, 1.54) is 0 Å². The van der Waals surface area contributed by atoms with Crippen LogP contribution in [0, 0.1) is 0 Å². The summed E-state index contributed by atoms with van der Waals surface area (Å²) in [5, 5.41) is 2.87. The normalized spacial score (nSPS) is 15.0. The van der Waals surface area contributed by atoms with Crippen LogP contribution in [-0.2, 0) is 4.74 Å². The van der Waals surface area contributed by atoms with Gasteiger partial charge in [0.1, 0.15) is 11.4 Å². The van der Waals surface area contributed by atoms with E-state index in [0.29, 0.717) is 18.8 Å². The summed E-state index contributed by atoms with van der Waals surface area (Å²) in [5.41, 5.74) is 0.580. The summed E-state index contributed by atoms with van der Waals surface area (Å²) in [6.07, 6.45) is 1.97. The largest absolute Gasteiger partial charge is 0.379 e. The summed E-state index contributed by atoms with van der Waals surface area (Å²) in [4.78, 5) is 32.7. The van der Waals surface area contributed by atoms with Crippen LogP contribution in [0.2, 0.25) is 0 Å². The van der Waals surface area contributed by atoms with Crippen LogP contribution < -0.4 is 5.32 Å². The van der Waals surface area contributed by atoms with Crippen LogP contribution in [0.4, 0.5) is 0 Å². The Labute approximate surface area is 149 Å². The second kappa shape index (κ2) is 10.1. The first-order valence-corrected chi connectivity index (χ1v) is 8.92. The predicted octanol–water partition coefficient (Wildman–Crippen LogP) is 1.02. The van der Waals surface area contributed by atoms with Gasteiger partial charge in [-0.05, 0) is 18.6 Å². The third-order valence-electron chi connectivity index (χ3n) is 4.21. The molecule has 1 aromatic rings. The molecule has 0 radical (unpaired) electrons. The fraction of sp³-hybridized carbons (Fsp3) is 0.611. The molecular weight excluding hydrogens is 320 g/mol. The average Bonchev–Trinajstić information content (AvgIpc) is 2.66. The lowest BCUT2D eigenvalue weighted by Gasteiger charge is -2.26. The van der Waals surface area contributed by atoms with E-state index in [1.54, 1.807) is 30.1 Å². The van der Waals surface area contributed by atoms with E-state index in [2.05, 4.69) is 22.1 Å².